The highest BCUT2D eigenvalue weighted by molar-refractivity contribution is 6.00. The molecule has 0 spiro atoms. The predicted molar refractivity (Wildman–Crippen MR) is 141 cm³/mol. The van der Waals surface area contributed by atoms with Gasteiger partial charge in [-0.05, 0) is 37.1 Å². The van der Waals surface area contributed by atoms with E-state index in [1.54, 1.807) is 6.20 Å². The normalized spacial score (nSPS) is 13.9. The van der Waals surface area contributed by atoms with Crippen molar-refractivity contribution in [2.24, 2.45) is 0 Å². The highest BCUT2D eigenvalue weighted by atomic mass is 16.1. The van der Waals surface area contributed by atoms with Gasteiger partial charge >= 0.3 is 5.69 Å². The summed E-state index contributed by atoms with van der Waals surface area (Å²) < 4.78 is 1.92. The van der Waals surface area contributed by atoms with Crippen molar-refractivity contribution in [3.8, 4) is 11.3 Å². The minimum atomic E-state index is -0.0641. The predicted octanol–water partition coefficient (Wildman–Crippen LogP) is 7.05. The van der Waals surface area contributed by atoms with Gasteiger partial charge in [-0.3, -0.25) is 14.5 Å². The largest absolute Gasteiger partial charge is 0.326 e. The average Bonchev–Trinajstić information content (AvgIpc) is 3.27. The number of imidazole rings is 1. The van der Waals surface area contributed by atoms with E-state index in [-0.39, 0.29) is 11.7 Å². The molecule has 1 fully saturated rings. The summed E-state index contributed by atoms with van der Waals surface area (Å²) in [6.45, 7) is 8.00. The highest BCUT2D eigenvalue weighted by Gasteiger charge is 2.22. The Kier molecular flexibility index (Phi) is 7.36. The molecule has 0 atom stereocenters. The third-order valence-corrected chi connectivity index (χ3v) is 6.21. The maximum atomic E-state index is 12.8. The Hall–Kier alpha value is -3.54. The van der Waals surface area contributed by atoms with Crippen LogP contribution in [0.3, 0.4) is 0 Å². The first-order chi connectivity index (χ1) is 16.8. The molecule has 0 bridgehead atoms. The SMILES string of the molecule is CC.CC.O=c1[nH]c2cnc3ccc(-c4cnc5ccccc5c4)nc3c2n1C1CCCCC1. The van der Waals surface area contributed by atoms with Crippen LogP contribution in [0.2, 0.25) is 0 Å². The summed E-state index contributed by atoms with van der Waals surface area (Å²) >= 11 is 0. The lowest BCUT2D eigenvalue weighted by molar-refractivity contribution is 0.354. The molecule has 1 aromatic carbocycles. The number of rotatable bonds is 2. The third kappa shape index (κ3) is 4.32. The van der Waals surface area contributed by atoms with Gasteiger partial charge in [-0.15, -0.1) is 0 Å². The number of hydrogen-bond donors (Lipinski definition) is 1. The number of nitrogens with one attached hydrogen (secondary N) is 1. The topological polar surface area (TPSA) is 76.5 Å². The summed E-state index contributed by atoms with van der Waals surface area (Å²) in [4.78, 5) is 29.9. The fourth-order valence-corrected chi connectivity index (χ4v) is 4.72. The van der Waals surface area contributed by atoms with Crippen LogP contribution in [0.1, 0.15) is 65.8 Å². The number of aromatic amines is 1. The molecule has 1 aliphatic carbocycles. The molecular formula is C28H33N5O. The minimum Gasteiger partial charge on any atom is -0.304 e. The zero-order valence-electron chi connectivity index (χ0n) is 20.5. The maximum absolute atomic E-state index is 12.8. The van der Waals surface area contributed by atoms with E-state index in [2.05, 4.69) is 27.1 Å². The summed E-state index contributed by atoms with van der Waals surface area (Å²) in [7, 11) is 0. The van der Waals surface area contributed by atoms with E-state index in [1.807, 2.05) is 68.8 Å². The number of para-hydroxylation sites is 1. The van der Waals surface area contributed by atoms with Gasteiger partial charge in [-0.1, -0.05) is 65.2 Å². The molecule has 34 heavy (non-hydrogen) atoms. The Morgan fingerprint density at radius 2 is 1.62 bits per heavy atom. The van der Waals surface area contributed by atoms with Crippen molar-refractivity contribution < 1.29 is 0 Å². The van der Waals surface area contributed by atoms with Crippen molar-refractivity contribution in [3.63, 3.8) is 0 Å². The van der Waals surface area contributed by atoms with Gasteiger partial charge in [0.05, 0.1) is 34.0 Å². The van der Waals surface area contributed by atoms with E-state index >= 15 is 0 Å². The van der Waals surface area contributed by atoms with Crippen molar-refractivity contribution in [2.75, 3.05) is 0 Å². The summed E-state index contributed by atoms with van der Waals surface area (Å²) in [6.07, 6.45) is 9.23. The fourth-order valence-electron chi connectivity index (χ4n) is 4.72. The van der Waals surface area contributed by atoms with Crippen molar-refractivity contribution in [2.45, 2.75) is 65.8 Å². The van der Waals surface area contributed by atoms with Gasteiger partial charge < -0.3 is 4.98 Å². The molecule has 0 saturated heterocycles. The molecule has 0 radical (unpaired) electrons. The number of benzene rings is 1. The Bertz CT molecular complexity index is 1460. The first kappa shape index (κ1) is 23.6. The van der Waals surface area contributed by atoms with E-state index < -0.39 is 0 Å². The van der Waals surface area contributed by atoms with E-state index in [9.17, 15) is 4.79 Å². The summed E-state index contributed by atoms with van der Waals surface area (Å²) in [6, 6.07) is 14.3. The van der Waals surface area contributed by atoms with Crippen LogP contribution in [0.25, 0.3) is 44.2 Å². The Morgan fingerprint density at radius 1 is 0.882 bits per heavy atom. The van der Waals surface area contributed by atoms with E-state index in [0.29, 0.717) is 0 Å². The second-order valence-corrected chi connectivity index (χ2v) is 8.09. The zero-order valence-corrected chi connectivity index (χ0v) is 20.5. The first-order valence-electron chi connectivity index (χ1n) is 12.5. The van der Waals surface area contributed by atoms with Crippen LogP contribution in [-0.2, 0) is 0 Å². The van der Waals surface area contributed by atoms with Crippen LogP contribution < -0.4 is 5.69 Å². The summed E-state index contributed by atoms with van der Waals surface area (Å²) in [5.74, 6) is 0. The quantitative estimate of drug-likeness (QED) is 0.309. The van der Waals surface area contributed by atoms with Crippen molar-refractivity contribution in [1.29, 1.82) is 0 Å². The molecule has 1 aliphatic rings. The summed E-state index contributed by atoms with van der Waals surface area (Å²) in [5, 5.41) is 1.08. The van der Waals surface area contributed by atoms with Crippen molar-refractivity contribution in [3.05, 3.63) is 65.3 Å². The Labute approximate surface area is 200 Å². The van der Waals surface area contributed by atoms with Gasteiger partial charge in [0.15, 0.2) is 0 Å². The number of fused-ring (bicyclic) bond motifs is 4. The first-order valence-corrected chi connectivity index (χ1v) is 12.5. The second-order valence-electron chi connectivity index (χ2n) is 8.09. The van der Waals surface area contributed by atoms with Crippen LogP contribution in [0, 0.1) is 0 Å². The average molecular weight is 456 g/mol. The minimum absolute atomic E-state index is 0.0641. The van der Waals surface area contributed by atoms with Gasteiger partial charge in [-0.2, -0.15) is 0 Å². The van der Waals surface area contributed by atoms with Crippen LogP contribution >= 0.6 is 0 Å². The Balaban J connectivity index is 0.000000652. The molecule has 1 saturated carbocycles. The molecular weight excluding hydrogens is 422 g/mol. The molecule has 1 N–H and O–H groups in total. The number of hydrogen-bond acceptors (Lipinski definition) is 4. The molecule has 4 heterocycles. The zero-order chi connectivity index (χ0) is 24.1. The lowest BCUT2D eigenvalue weighted by atomic mass is 9.95. The molecule has 0 unspecified atom stereocenters. The third-order valence-electron chi connectivity index (χ3n) is 6.21. The molecule has 6 heteroatoms. The van der Waals surface area contributed by atoms with Crippen molar-refractivity contribution >= 4 is 33.0 Å². The van der Waals surface area contributed by atoms with Crippen LogP contribution in [0.4, 0.5) is 0 Å². The van der Waals surface area contributed by atoms with E-state index in [0.717, 1.165) is 69.9 Å². The van der Waals surface area contributed by atoms with Crippen LogP contribution in [-0.4, -0.2) is 24.5 Å². The number of nitrogens with zero attached hydrogens (tertiary/aromatic N) is 4. The van der Waals surface area contributed by atoms with Crippen LogP contribution in [0.15, 0.2) is 59.7 Å². The second kappa shape index (κ2) is 10.6. The molecule has 6 nitrogen and oxygen atoms in total. The molecule has 176 valence electrons. The molecule has 0 aliphatic heterocycles. The van der Waals surface area contributed by atoms with Gasteiger partial charge in [-0.25, -0.2) is 9.78 Å². The molecule has 0 amide bonds. The van der Waals surface area contributed by atoms with Gasteiger partial charge in [0.1, 0.15) is 5.52 Å². The van der Waals surface area contributed by atoms with E-state index in [4.69, 9.17) is 4.98 Å². The van der Waals surface area contributed by atoms with Crippen molar-refractivity contribution in [1.82, 2.24) is 24.5 Å². The Morgan fingerprint density at radius 3 is 2.41 bits per heavy atom. The smallest absolute Gasteiger partial charge is 0.304 e. The molecule has 5 aromatic rings. The number of H-pyrrole nitrogens is 1. The standard InChI is InChI=1S/C24H21N5O.2C2H6/c30-24-28-21-14-26-20-11-10-19(16-12-15-6-4-5-9-18(15)25-13-16)27-22(20)23(21)29(24)17-7-2-1-3-8-17;2*1-2/h4-6,9-14,17H,1-3,7-8H2,(H,28,30);2*1-2H3. The van der Waals surface area contributed by atoms with Gasteiger partial charge in [0, 0.05) is 23.2 Å². The maximum Gasteiger partial charge on any atom is 0.326 e. The van der Waals surface area contributed by atoms with Gasteiger partial charge in [0.2, 0.25) is 0 Å². The van der Waals surface area contributed by atoms with Crippen LogP contribution in [0.5, 0.6) is 0 Å². The monoisotopic (exact) mass is 455 g/mol. The molecule has 6 rings (SSSR count). The highest BCUT2D eigenvalue weighted by Crippen LogP contribution is 2.32. The fraction of sp³-hybridized carbons (Fsp3) is 0.357. The molecule has 4 aromatic heterocycles. The lowest BCUT2D eigenvalue weighted by Crippen LogP contribution is -2.24. The van der Waals surface area contributed by atoms with E-state index in [1.165, 1.54) is 6.42 Å². The lowest BCUT2D eigenvalue weighted by Gasteiger charge is -2.23. The van der Waals surface area contributed by atoms with Gasteiger partial charge in [0.25, 0.3) is 0 Å². The summed E-state index contributed by atoms with van der Waals surface area (Å²) in [5.41, 5.74) is 5.86. The number of pyridine rings is 3. The number of aromatic nitrogens is 5.